The zero-order valence-corrected chi connectivity index (χ0v) is 15.8. The summed E-state index contributed by atoms with van der Waals surface area (Å²) in [6, 6.07) is 5.12. The molecule has 0 aromatic carbocycles. The summed E-state index contributed by atoms with van der Waals surface area (Å²) < 4.78 is 2.21. The monoisotopic (exact) mass is 355 g/mol. The van der Waals surface area contributed by atoms with Crippen molar-refractivity contribution < 1.29 is 4.79 Å². The number of carbonyl (C=O) groups excluding carboxylic acids is 1. The van der Waals surface area contributed by atoms with E-state index in [1.165, 1.54) is 6.42 Å². The summed E-state index contributed by atoms with van der Waals surface area (Å²) in [6.07, 6.45) is 9.35. The molecule has 0 saturated carbocycles. The van der Waals surface area contributed by atoms with Gasteiger partial charge in [-0.05, 0) is 58.1 Å². The molecule has 0 bridgehead atoms. The second-order valence-corrected chi connectivity index (χ2v) is 7.94. The molecule has 2 unspecified atom stereocenters. The Morgan fingerprint density at radius 3 is 2.58 bits per heavy atom. The van der Waals surface area contributed by atoms with Crippen LogP contribution in [0.4, 0.5) is 0 Å². The Morgan fingerprint density at radius 2 is 1.85 bits per heavy atom. The number of amides is 1. The van der Waals surface area contributed by atoms with Crippen molar-refractivity contribution in [1.82, 2.24) is 24.3 Å². The average molecular weight is 355 g/mol. The highest BCUT2D eigenvalue weighted by atomic mass is 16.2. The molecule has 2 fully saturated rings. The van der Waals surface area contributed by atoms with Crippen molar-refractivity contribution in [2.75, 3.05) is 19.6 Å². The summed E-state index contributed by atoms with van der Waals surface area (Å²) in [5, 5.41) is 0. The Hall–Kier alpha value is -1.95. The minimum Gasteiger partial charge on any atom is -0.336 e. The van der Waals surface area contributed by atoms with Gasteiger partial charge in [-0.25, -0.2) is 9.97 Å². The van der Waals surface area contributed by atoms with Gasteiger partial charge in [-0.15, -0.1) is 0 Å². The number of carbonyl (C=O) groups is 1. The molecule has 6 heteroatoms. The molecule has 0 N–H and O–H groups in total. The summed E-state index contributed by atoms with van der Waals surface area (Å²) in [7, 11) is 0. The lowest BCUT2D eigenvalue weighted by Crippen LogP contribution is -2.51. The molecule has 2 atom stereocenters. The van der Waals surface area contributed by atoms with Gasteiger partial charge >= 0.3 is 0 Å². The first kappa shape index (κ1) is 17.5. The molecule has 2 aliphatic heterocycles. The van der Waals surface area contributed by atoms with Crippen molar-refractivity contribution in [2.24, 2.45) is 0 Å². The molecule has 0 aliphatic carbocycles. The molecule has 1 amide bonds. The lowest BCUT2D eigenvalue weighted by molar-refractivity contribution is -0.138. The van der Waals surface area contributed by atoms with Gasteiger partial charge in [0.1, 0.15) is 5.52 Å². The van der Waals surface area contributed by atoms with Gasteiger partial charge in [0.15, 0.2) is 5.65 Å². The van der Waals surface area contributed by atoms with E-state index in [0.29, 0.717) is 30.6 Å². The van der Waals surface area contributed by atoms with Crippen molar-refractivity contribution in [3.05, 3.63) is 24.7 Å². The maximum Gasteiger partial charge on any atom is 0.237 e. The van der Waals surface area contributed by atoms with Gasteiger partial charge in [0.05, 0.1) is 12.9 Å². The van der Waals surface area contributed by atoms with Gasteiger partial charge in [-0.1, -0.05) is 0 Å². The Labute approximate surface area is 155 Å². The number of rotatable bonds is 3. The third-order valence-corrected chi connectivity index (χ3v) is 6.12. The standard InChI is InChI=1S/C20H29N5O/c1-15-5-3-6-16(2)25(15)19(26)13-23-11-8-17(9-12-23)24-14-22-18-7-4-10-21-20(18)24/h4,7,10,14-17H,3,5-6,8-9,11-13H2,1-2H3. The van der Waals surface area contributed by atoms with Crippen LogP contribution < -0.4 is 0 Å². The van der Waals surface area contributed by atoms with Gasteiger partial charge < -0.3 is 9.47 Å². The second kappa shape index (κ2) is 7.35. The number of pyridine rings is 1. The Bertz CT molecular complexity index is 754. The van der Waals surface area contributed by atoms with Gasteiger partial charge in [0, 0.05) is 37.4 Å². The quantitative estimate of drug-likeness (QED) is 0.849. The largest absolute Gasteiger partial charge is 0.336 e. The summed E-state index contributed by atoms with van der Waals surface area (Å²) in [4.78, 5) is 26.2. The van der Waals surface area contributed by atoms with Crippen LogP contribution in [0.15, 0.2) is 24.7 Å². The van der Waals surface area contributed by atoms with Crippen molar-refractivity contribution in [1.29, 1.82) is 0 Å². The van der Waals surface area contributed by atoms with Gasteiger partial charge in [0.2, 0.25) is 5.91 Å². The van der Waals surface area contributed by atoms with Crippen LogP contribution in [0.1, 0.15) is 52.0 Å². The number of imidazole rings is 1. The highest BCUT2D eigenvalue weighted by Crippen LogP contribution is 2.27. The van der Waals surface area contributed by atoms with Crippen LogP contribution in [-0.4, -0.2) is 62.0 Å². The van der Waals surface area contributed by atoms with Gasteiger partial charge in [0.25, 0.3) is 0 Å². The molecule has 2 aromatic heterocycles. The van der Waals surface area contributed by atoms with E-state index in [2.05, 4.69) is 38.2 Å². The number of aromatic nitrogens is 3. The maximum absolute atomic E-state index is 12.8. The maximum atomic E-state index is 12.8. The Morgan fingerprint density at radius 1 is 1.12 bits per heavy atom. The molecule has 2 saturated heterocycles. The predicted molar refractivity (Wildman–Crippen MR) is 102 cm³/mol. The van der Waals surface area contributed by atoms with Crippen LogP contribution in [0.5, 0.6) is 0 Å². The predicted octanol–water partition coefficient (Wildman–Crippen LogP) is 2.86. The topological polar surface area (TPSA) is 54.3 Å². The third kappa shape index (κ3) is 3.34. The molecular weight excluding hydrogens is 326 g/mol. The van der Waals surface area contributed by atoms with Crippen LogP contribution in [-0.2, 0) is 4.79 Å². The van der Waals surface area contributed by atoms with E-state index in [1.54, 1.807) is 0 Å². The van der Waals surface area contributed by atoms with E-state index in [-0.39, 0.29) is 0 Å². The van der Waals surface area contributed by atoms with Crippen LogP contribution >= 0.6 is 0 Å². The summed E-state index contributed by atoms with van der Waals surface area (Å²) in [5.41, 5.74) is 1.93. The van der Waals surface area contributed by atoms with Crippen molar-refractivity contribution in [2.45, 2.75) is 64.1 Å². The van der Waals surface area contributed by atoms with Crippen molar-refractivity contribution in [3.63, 3.8) is 0 Å². The van der Waals surface area contributed by atoms with E-state index in [0.717, 1.165) is 49.9 Å². The smallest absolute Gasteiger partial charge is 0.237 e. The summed E-state index contributed by atoms with van der Waals surface area (Å²) in [6.45, 7) is 6.86. The summed E-state index contributed by atoms with van der Waals surface area (Å²) in [5.74, 6) is 0.304. The number of hydrogen-bond donors (Lipinski definition) is 0. The molecule has 2 aromatic rings. The molecular formula is C20H29N5O. The lowest BCUT2D eigenvalue weighted by Gasteiger charge is -2.41. The minimum absolute atomic E-state index is 0.304. The van der Waals surface area contributed by atoms with Crippen molar-refractivity contribution in [3.8, 4) is 0 Å². The first-order valence-electron chi connectivity index (χ1n) is 9.94. The fourth-order valence-electron chi connectivity index (χ4n) is 4.68. The number of likely N-dealkylation sites (tertiary alicyclic amines) is 2. The molecule has 2 aliphatic rings. The van der Waals surface area contributed by atoms with E-state index in [4.69, 9.17) is 0 Å². The molecule has 0 radical (unpaired) electrons. The molecule has 0 spiro atoms. The van der Waals surface area contributed by atoms with Gasteiger partial charge in [-0.2, -0.15) is 0 Å². The first-order valence-corrected chi connectivity index (χ1v) is 9.94. The van der Waals surface area contributed by atoms with Crippen LogP contribution in [0, 0.1) is 0 Å². The SMILES string of the molecule is CC1CCCC(C)N1C(=O)CN1CCC(n2cnc3cccnc32)CC1. The molecule has 6 nitrogen and oxygen atoms in total. The second-order valence-electron chi connectivity index (χ2n) is 7.94. The fourth-order valence-corrected chi connectivity index (χ4v) is 4.68. The van der Waals surface area contributed by atoms with E-state index < -0.39 is 0 Å². The van der Waals surface area contributed by atoms with E-state index in [1.807, 2.05) is 24.7 Å². The Kier molecular flexibility index (Phi) is 4.94. The highest BCUT2D eigenvalue weighted by Gasteiger charge is 2.31. The van der Waals surface area contributed by atoms with Crippen molar-refractivity contribution >= 4 is 17.1 Å². The van der Waals surface area contributed by atoms with Crippen LogP contribution in [0.25, 0.3) is 11.2 Å². The zero-order chi connectivity index (χ0) is 18.1. The zero-order valence-electron chi connectivity index (χ0n) is 15.8. The number of nitrogens with zero attached hydrogens (tertiary/aromatic N) is 5. The van der Waals surface area contributed by atoms with E-state index >= 15 is 0 Å². The fraction of sp³-hybridized carbons (Fsp3) is 0.650. The third-order valence-electron chi connectivity index (χ3n) is 6.12. The average Bonchev–Trinajstić information content (AvgIpc) is 3.06. The van der Waals surface area contributed by atoms with Crippen LogP contribution in [0.3, 0.4) is 0 Å². The highest BCUT2D eigenvalue weighted by molar-refractivity contribution is 5.79. The normalized spacial score (nSPS) is 25.7. The lowest BCUT2D eigenvalue weighted by atomic mass is 9.97. The summed E-state index contributed by atoms with van der Waals surface area (Å²) >= 11 is 0. The molecule has 4 heterocycles. The Balaban J connectivity index is 1.36. The number of piperidine rings is 2. The molecule has 4 rings (SSSR count). The first-order chi connectivity index (χ1) is 12.6. The van der Waals surface area contributed by atoms with E-state index in [9.17, 15) is 4.79 Å². The van der Waals surface area contributed by atoms with Gasteiger partial charge in [-0.3, -0.25) is 9.69 Å². The van der Waals surface area contributed by atoms with Crippen LogP contribution in [0.2, 0.25) is 0 Å². The molecule has 140 valence electrons. The number of hydrogen-bond acceptors (Lipinski definition) is 4. The number of fused-ring (bicyclic) bond motifs is 1. The molecule has 26 heavy (non-hydrogen) atoms. The minimum atomic E-state index is 0.304.